The quantitative estimate of drug-likeness (QED) is 0.928. The molecular weight excluding hydrogens is 255 g/mol. The first-order valence-corrected chi connectivity index (χ1v) is 6.01. The Hall–Kier alpha value is -1.82. The summed E-state index contributed by atoms with van der Waals surface area (Å²) in [4.78, 5) is 11.2. The highest BCUT2D eigenvalue weighted by atomic mass is 32.2. The lowest BCUT2D eigenvalue weighted by Gasteiger charge is -2.06. The van der Waals surface area contributed by atoms with Crippen LogP contribution in [0.15, 0.2) is 34.2 Å². The van der Waals surface area contributed by atoms with E-state index in [0.29, 0.717) is 5.03 Å². The summed E-state index contributed by atoms with van der Waals surface area (Å²) in [7, 11) is 1.73. The number of aryl methyl sites for hydroxylation is 2. The summed E-state index contributed by atoms with van der Waals surface area (Å²) < 4.78 is 15.3. The molecule has 1 aromatic heterocycles. The zero-order valence-corrected chi connectivity index (χ0v) is 10.7. The Kier molecular flexibility index (Phi) is 3.38. The van der Waals surface area contributed by atoms with Crippen molar-refractivity contribution in [1.29, 1.82) is 0 Å². The smallest absolute Gasteiger partial charge is 0.336 e. The van der Waals surface area contributed by atoms with Crippen molar-refractivity contribution < 1.29 is 14.3 Å². The molecule has 18 heavy (non-hydrogen) atoms. The van der Waals surface area contributed by atoms with Gasteiger partial charge in [-0.2, -0.15) is 5.10 Å². The number of carboxylic acid groups (broad SMARTS) is 1. The van der Waals surface area contributed by atoms with Gasteiger partial charge in [-0.25, -0.2) is 9.18 Å². The molecule has 0 radical (unpaired) electrons. The fourth-order valence-electron chi connectivity index (χ4n) is 1.57. The Morgan fingerprint density at radius 3 is 2.78 bits per heavy atom. The van der Waals surface area contributed by atoms with Crippen LogP contribution in [0.2, 0.25) is 0 Å². The number of carbonyl (C=O) groups is 1. The Morgan fingerprint density at radius 2 is 2.22 bits per heavy atom. The SMILES string of the molecule is Cc1cc(Sc2c(F)cccc2C(=O)O)n(C)n1. The van der Waals surface area contributed by atoms with Crippen LogP contribution in [0.5, 0.6) is 0 Å². The molecule has 1 aromatic carbocycles. The predicted octanol–water partition coefficient (Wildman–Crippen LogP) is 2.72. The molecule has 0 bridgehead atoms. The third-order valence-corrected chi connectivity index (χ3v) is 3.57. The minimum Gasteiger partial charge on any atom is -0.478 e. The van der Waals surface area contributed by atoms with Crippen molar-refractivity contribution in [2.45, 2.75) is 16.8 Å². The molecule has 6 heteroatoms. The van der Waals surface area contributed by atoms with E-state index in [1.165, 1.54) is 18.2 Å². The van der Waals surface area contributed by atoms with Crippen LogP contribution in [0.4, 0.5) is 4.39 Å². The highest BCUT2D eigenvalue weighted by molar-refractivity contribution is 7.99. The van der Waals surface area contributed by atoms with Crippen LogP contribution in [0.3, 0.4) is 0 Å². The first-order valence-electron chi connectivity index (χ1n) is 5.19. The van der Waals surface area contributed by atoms with Crippen molar-refractivity contribution in [1.82, 2.24) is 9.78 Å². The van der Waals surface area contributed by atoms with E-state index in [0.717, 1.165) is 17.5 Å². The standard InChI is InChI=1S/C12H11FN2O2S/c1-7-6-10(15(2)14-7)18-11-8(12(16)17)4-3-5-9(11)13/h3-6H,1-2H3,(H,16,17). The highest BCUT2D eigenvalue weighted by Crippen LogP contribution is 2.32. The minimum atomic E-state index is -1.14. The number of hydrogen-bond donors (Lipinski definition) is 1. The molecule has 2 aromatic rings. The first-order chi connectivity index (χ1) is 8.49. The van der Waals surface area contributed by atoms with Gasteiger partial charge >= 0.3 is 5.97 Å². The summed E-state index contributed by atoms with van der Waals surface area (Å²) in [6.07, 6.45) is 0. The Labute approximate surface area is 107 Å². The van der Waals surface area contributed by atoms with E-state index in [2.05, 4.69) is 5.10 Å². The van der Waals surface area contributed by atoms with Crippen molar-refractivity contribution >= 4 is 17.7 Å². The summed E-state index contributed by atoms with van der Waals surface area (Å²) >= 11 is 1.06. The average Bonchev–Trinajstić information content (AvgIpc) is 2.60. The molecule has 0 unspecified atom stereocenters. The second kappa shape index (κ2) is 4.81. The van der Waals surface area contributed by atoms with E-state index in [4.69, 9.17) is 5.11 Å². The summed E-state index contributed by atoms with van der Waals surface area (Å²) in [5.74, 6) is -1.69. The third kappa shape index (κ3) is 2.38. The van der Waals surface area contributed by atoms with Crippen molar-refractivity contribution in [3.8, 4) is 0 Å². The molecule has 0 atom stereocenters. The largest absolute Gasteiger partial charge is 0.478 e. The van der Waals surface area contributed by atoms with Crippen molar-refractivity contribution in [2.24, 2.45) is 7.05 Å². The lowest BCUT2D eigenvalue weighted by Crippen LogP contribution is -2.01. The molecule has 4 nitrogen and oxygen atoms in total. The normalized spacial score (nSPS) is 10.6. The van der Waals surface area contributed by atoms with Crippen LogP contribution >= 0.6 is 11.8 Å². The van der Waals surface area contributed by atoms with Gasteiger partial charge < -0.3 is 5.11 Å². The lowest BCUT2D eigenvalue weighted by atomic mass is 10.2. The van der Waals surface area contributed by atoms with Gasteiger partial charge in [0, 0.05) is 7.05 Å². The van der Waals surface area contributed by atoms with Crippen LogP contribution in [0.25, 0.3) is 0 Å². The van der Waals surface area contributed by atoms with E-state index < -0.39 is 11.8 Å². The highest BCUT2D eigenvalue weighted by Gasteiger charge is 2.17. The molecule has 0 fully saturated rings. The summed E-state index contributed by atoms with van der Waals surface area (Å²) in [5, 5.41) is 13.9. The van der Waals surface area contributed by atoms with Crippen LogP contribution in [0, 0.1) is 12.7 Å². The molecule has 0 aliphatic rings. The van der Waals surface area contributed by atoms with Crippen molar-refractivity contribution in [3.63, 3.8) is 0 Å². The van der Waals surface area contributed by atoms with Gasteiger partial charge in [0.1, 0.15) is 5.82 Å². The van der Waals surface area contributed by atoms with E-state index in [-0.39, 0.29) is 10.5 Å². The number of hydrogen-bond acceptors (Lipinski definition) is 3. The number of aromatic nitrogens is 2. The van der Waals surface area contributed by atoms with E-state index in [9.17, 15) is 9.18 Å². The van der Waals surface area contributed by atoms with Gasteiger partial charge in [-0.3, -0.25) is 4.68 Å². The number of rotatable bonds is 3. The number of benzene rings is 1. The number of carboxylic acids is 1. The molecule has 2 rings (SSSR count). The molecule has 94 valence electrons. The predicted molar refractivity (Wildman–Crippen MR) is 65.4 cm³/mol. The number of nitrogens with zero attached hydrogens (tertiary/aromatic N) is 2. The first kappa shape index (κ1) is 12.6. The second-order valence-corrected chi connectivity index (χ2v) is 4.80. The fraction of sp³-hybridized carbons (Fsp3) is 0.167. The van der Waals surface area contributed by atoms with Gasteiger partial charge in [-0.15, -0.1) is 0 Å². The number of halogens is 1. The van der Waals surface area contributed by atoms with Crippen molar-refractivity contribution in [2.75, 3.05) is 0 Å². The minimum absolute atomic E-state index is 0.0427. The van der Waals surface area contributed by atoms with Gasteiger partial charge in [0.15, 0.2) is 0 Å². The Bertz CT molecular complexity index is 610. The van der Waals surface area contributed by atoms with E-state index in [1.807, 2.05) is 6.92 Å². The maximum absolute atomic E-state index is 13.7. The summed E-state index contributed by atoms with van der Waals surface area (Å²) in [6.45, 7) is 1.82. The maximum Gasteiger partial charge on any atom is 0.336 e. The zero-order chi connectivity index (χ0) is 13.3. The topological polar surface area (TPSA) is 55.1 Å². The molecule has 0 amide bonds. The molecule has 1 N–H and O–H groups in total. The summed E-state index contributed by atoms with van der Waals surface area (Å²) in [6, 6.07) is 5.80. The molecule has 0 saturated carbocycles. The van der Waals surface area contributed by atoms with Gasteiger partial charge in [0.2, 0.25) is 0 Å². The zero-order valence-electron chi connectivity index (χ0n) is 9.85. The van der Waals surface area contributed by atoms with Gasteiger partial charge in [-0.1, -0.05) is 17.8 Å². The Morgan fingerprint density at radius 1 is 1.50 bits per heavy atom. The van der Waals surface area contributed by atoms with Crippen LogP contribution in [-0.4, -0.2) is 20.9 Å². The summed E-state index contributed by atoms with van der Waals surface area (Å²) in [5.41, 5.74) is 0.757. The molecule has 1 heterocycles. The number of aromatic carboxylic acids is 1. The van der Waals surface area contributed by atoms with Crippen LogP contribution < -0.4 is 0 Å². The van der Waals surface area contributed by atoms with Gasteiger partial charge in [0.25, 0.3) is 0 Å². The van der Waals surface area contributed by atoms with Gasteiger partial charge in [0.05, 0.1) is 21.2 Å². The monoisotopic (exact) mass is 266 g/mol. The molecule has 0 aliphatic carbocycles. The van der Waals surface area contributed by atoms with E-state index >= 15 is 0 Å². The molecular formula is C12H11FN2O2S. The van der Waals surface area contributed by atoms with Crippen LogP contribution in [-0.2, 0) is 7.05 Å². The average molecular weight is 266 g/mol. The van der Waals surface area contributed by atoms with Crippen molar-refractivity contribution in [3.05, 3.63) is 41.3 Å². The maximum atomic E-state index is 13.7. The molecule has 0 saturated heterocycles. The Balaban J connectivity index is 2.45. The second-order valence-electron chi connectivity index (χ2n) is 3.77. The lowest BCUT2D eigenvalue weighted by molar-refractivity contribution is 0.0692. The van der Waals surface area contributed by atoms with E-state index in [1.54, 1.807) is 17.8 Å². The fourth-order valence-corrected chi connectivity index (χ4v) is 2.61. The van der Waals surface area contributed by atoms with Crippen LogP contribution in [0.1, 0.15) is 16.1 Å². The molecule has 0 aliphatic heterocycles. The van der Waals surface area contributed by atoms with Gasteiger partial charge in [-0.05, 0) is 25.1 Å². The molecule has 0 spiro atoms. The third-order valence-electron chi connectivity index (χ3n) is 2.36.